The Labute approximate surface area is 110 Å². The standard InChI is InChI=1S/C15H11NO3/c1-10-4-6-11(7-5-10)9-12-15(17)19-14(16-12)13-3-2-8-18-13/h2-9H,1H3/b12-9-. The van der Waals surface area contributed by atoms with E-state index in [1.54, 1.807) is 18.2 Å². The molecule has 1 aliphatic rings. The summed E-state index contributed by atoms with van der Waals surface area (Å²) in [5, 5.41) is 0. The molecule has 0 fully saturated rings. The number of carbonyl (C=O) groups excluding carboxylic acids is 1. The normalized spacial score (nSPS) is 16.6. The lowest BCUT2D eigenvalue weighted by Gasteiger charge is -1.95. The maximum Gasteiger partial charge on any atom is 0.363 e. The Hall–Kier alpha value is -2.62. The summed E-state index contributed by atoms with van der Waals surface area (Å²) >= 11 is 0. The van der Waals surface area contributed by atoms with Gasteiger partial charge in [0.2, 0.25) is 0 Å². The van der Waals surface area contributed by atoms with Crippen molar-refractivity contribution >= 4 is 17.9 Å². The number of esters is 1. The van der Waals surface area contributed by atoms with Crippen molar-refractivity contribution in [1.82, 2.24) is 0 Å². The van der Waals surface area contributed by atoms with Crippen molar-refractivity contribution in [1.29, 1.82) is 0 Å². The highest BCUT2D eigenvalue weighted by atomic mass is 16.6. The van der Waals surface area contributed by atoms with Crippen molar-refractivity contribution in [2.24, 2.45) is 4.99 Å². The topological polar surface area (TPSA) is 51.8 Å². The number of aliphatic imine (C=N–C) groups is 1. The highest BCUT2D eigenvalue weighted by Gasteiger charge is 2.25. The third-order valence-electron chi connectivity index (χ3n) is 2.73. The monoisotopic (exact) mass is 253 g/mol. The molecule has 4 heteroatoms. The van der Waals surface area contributed by atoms with Gasteiger partial charge in [-0.05, 0) is 30.7 Å². The van der Waals surface area contributed by atoms with E-state index in [0.717, 1.165) is 11.1 Å². The number of benzene rings is 1. The summed E-state index contributed by atoms with van der Waals surface area (Å²) < 4.78 is 10.2. The van der Waals surface area contributed by atoms with Gasteiger partial charge in [-0.2, -0.15) is 0 Å². The van der Waals surface area contributed by atoms with Crippen LogP contribution in [-0.2, 0) is 9.53 Å². The van der Waals surface area contributed by atoms with Crippen LogP contribution < -0.4 is 0 Å². The summed E-state index contributed by atoms with van der Waals surface area (Å²) in [4.78, 5) is 15.8. The molecule has 19 heavy (non-hydrogen) atoms. The van der Waals surface area contributed by atoms with Crippen LogP contribution in [-0.4, -0.2) is 11.9 Å². The highest BCUT2D eigenvalue weighted by molar-refractivity contribution is 6.11. The average Bonchev–Trinajstić information content (AvgIpc) is 3.03. The minimum Gasteiger partial charge on any atom is -0.459 e. The van der Waals surface area contributed by atoms with Crippen molar-refractivity contribution in [2.45, 2.75) is 6.92 Å². The lowest BCUT2D eigenvalue weighted by molar-refractivity contribution is -0.130. The number of ether oxygens (including phenoxy) is 1. The number of hydrogen-bond acceptors (Lipinski definition) is 4. The zero-order valence-electron chi connectivity index (χ0n) is 10.3. The first-order valence-electron chi connectivity index (χ1n) is 5.85. The molecule has 0 radical (unpaired) electrons. The van der Waals surface area contributed by atoms with Gasteiger partial charge in [0, 0.05) is 0 Å². The first kappa shape index (κ1) is 11.5. The van der Waals surface area contributed by atoms with E-state index >= 15 is 0 Å². The van der Waals surface area contributed by atoms with E-state index in [9.17, 15) is 4.79 Å². The van der Waals surface area contributed by atoms with E-state index < -0.39 is 5.97 Å². The van der Waals surface area contributed by atoms with Gasteiger partial charge in [-0.1, -0.05) is 29.8 Å². The van der Waals surface area contributed by atoms with Gasteiger partial charge in [-0.15, -0.1) is 0 Å². The van der Waals surface area contributed by atoms with E-state index in [1.807, 2.05) is 31.2 Å². The number of rotatable bonds is 2. The van der Waals surface area contributed by atoms with Crippen molar-refractivity contribution in [3.05, 3.63) is 65.2 Å². The molecule has 0 aliphatic carbocycles. The fraction of sp³-hybridized carbons (Fsp3) is 0.0667. The Bertz CT molecular complexity index is 664. The Morgan fingerprint density at radius 1 is 1.16 bits per heavy atom. The van der Waals surface area contributed by atoms with Gasteiger partial charge in [-0.25, -0.2) is 9.79 Å². The number of carbonyl (C=O) groups is 1. The van der Waals surface area contributed by atoms with Gasteiger partial charge in [0.05, 0.1) is 6.26 Å². The molecule has 1 aliphatic heterocycles. The molecular weight excluding hydrogens is 242 g/mol. The van der Waals surface area contributed by atoms with Gasteiger partial charge in [0.25, 0.3) is 5.90 Å². The lowest BCUT2D eigenvalue weighted by atomic mass is 10.1. The van der Waals surface area contributed by atoms with Crippen LogP contribution in [0.25, 0.3) is 6.08 Å². The second-order valence-corrected chi connectivity index (χ2v) is 4.22. The second kappa shape index (κ2) is 4.57. The predicted octanol–water partition coefficient (Wildman–Crippen LogP) is 2.93. The number of nitrogens with zero attached hydrogens (tertiary/aromatic N) is 1. The summed E-state index contributed by atoms with van der Waals surface area (Å²) in [6.07, 6.45) is 3.20. The van der Waals surface area contributed by atoms with Gasteiger partial charge < -0.3 is 9.15 Å². The first-order chi connectivity index (χ1) is 9.22. The zero-order valence-corrected chi connectivity index (χ0v) is 10.3. The molecule has 4 nitrogen and oxygen atoms in total. The molecule has 2 heterocycles. The molecule has 2 aromatic rings. The van der Waals surface area contributed by atoms with Crippen LogP contribution in [0.4, 0.5) is 0 Å². The van der Waals surface area contributed by atoms with Crippen molar-refractivity contribution < 1.29 is 13.9 Å². The van der Waals surface area contributed by atoms with Crippen LogP contribution in [0.15, 0.2) is 57.8 Å². The van der Waals surface area contributed by atoms with Crippen molar-refractivity contribution in [3.8, 4) is 0 Å². The number of hydrogen-bond donors (Lipinski definition) is 0. The summed E-state index contributed by atoms with van der Waals surface area (Å²) in [6.45, 7) is 2.01. The molecule has 1 aromatic heterocycles. The van der Waals surface area contributed by atoms with Crippen LogP contribution in [0, 0.1) is 6.92 Å². The second-order valence-electron chi connectivity index (χ2n) is 4.22. The van der Waals surface area contributed by atoms with Crippen molar-refractivity contribution in [3.63, 3.8) is 0 Å². The highest BCUT2D eigenvalue weighted by Crippen LogP contribution is 2.19. The molecule has 94 valence electrons. The Morgan fingerprint density at radius 3 is 2.63 bits per heavy atom. The molecule has 0 saturated carbocycles. The minimum atomic E-state index is -0.466. The average molecular weight is 253 g/mol. The maximum atomic E-state index is 11.7. The Kier molecular flexibility index (Phi) is 2.76. The summed E-state index contributed by atoms with van der Waals surface area (Å²) in [5.74, 6) is 0.181. The molecule has 0 bridgehead atoms. The van der Waals surface area contributed by atoms with Crippen LogP contribution in [0.3, 0.4) is 0 Å². The fourth-order valence-corrected chi connectivity index (χ4v) is 1.74. The van der Waals surface area contributed by atoms with E-state index in [4.69, 9.17) is 9.15 Å². The van der Waals surface area contributed by atoms with E-state index in [1.165, 1.54) is 6.26 Å². The summed E-state index contributed by atoms with van der Waals surface area (Å²) in [5.41, 5.74) is 2.34. The van der Waals surface area contributed by atoms with Gasteiger partial charge in [-0.3, -0.25) is 0 Å². The van der Waals surface area contributed by atoms with E-state index in [2.05, 4.69) is 4.99 Å². The van der Waals surface area contributed by atoms with Crippen LogP contribution in [0.1, 0.15) is 16.9 Å². The third-order valence-corrected chi connectivity index (χ3v) is 2.73. The number of furan rings is 1. The fourth-order valence-electron chi connectivity index (χ4n) is 1.74. The van der Waals surface area contributed by atoms with E-state index in [0.29, 0.717) is 5.76 Å². The van der Waals surface area contributed by atoms with Crippen LogP contribution in [0.2, 0.25) is 0 Å². The largest absolute Gasteiger partial charge is 0.459 e. The minimum absolute atomic E-state index is 0.202. The first-order valence-corrected chi connectivity index (χ1v) is 5.85. The summed E-state index contributed by atoms with van der Waals surface area (Å²) in [6, 6.07) is 11.2. The molecule has 0 unspecified atom stereocenters. The summed E-state index contributed by atoms with van der Waals surface area (Å²) in [7, 11) is 0. The Morgan fingerprint density at radius 2 is 1.95 bits per heavy atom. The zero-order chi connectivity index (χ0) is 13.2. The lowest BCUT2D eigenvalue weighted by Crippen LogP contribution is -2.04. The molecule has 0 amide bonds. The molecule has 0 saturated heterocycles. The molecular formula is C15H11NO3. The molecule has 3 rings (SSSR count). The quantitative estimate of drug-likeness (QED) is 0.610. The maximum absolute atomic E-state index is 11.7. The molecule has 0 N–H and O–H groups in total. The number of cyclic esters (lactones) is 1. The van der Waals surface area contributed by atoms with Gasteiger partial charge in [0.1, 0.15) is 0 Å². The van der Waals surface area contributed by atoms with E-state index in [-0.39, 0.29) is 11.6 Å². The third kappa shape index (κ3) is 2.33. The van der Waals surface area contributed by atoms with Gasteiger partial charge >= 0.3 is 5.97 Å². The van der Waals surface area contributed by atoms with Crippen molar-refractivity contribution in [2.75, 3.05) is 0 Å². The molecule has 0 atom stereocenters. The number of aryl methyl sites for hydroxylation is 1. The predicted molar refractivity (Wildman–Crippen MR) is 70.5 cm³/mol. The SMILES string of the molecule is Cc1ccc(/C=C2\N=C(c3ccco3)OC2=O)cc1. The van der Waals surface area contributed by atoms with Gasteiger partial charge in [0.15, 0.2) is 11.5 Å². The Balaban J connectivity index is 1.92. The van der Waals surface area contributed by atoms with Crippen LogP contribution >= 0.6 is 0 Å². The van der Waals surface area contributed by atoms with Crippen LogP contribution in [0.5, 0.6) is 0 Å². The molecule has 0 spiro atoms. The molecule has 1 aromatic carbocycles. The smallest absolute Gasteiger partial charge is 0.363 e.